The highest BCUT2D eigenvalue weighted by atomic mass is 16.7. The number of hydrogen-bond acceptors (Lipinski definition) is 4. The van der Waals surface area contributed by atoms with Crippen molar-refractivity contribution in [1.82, 2.24) is 15.5 Å². The van der Waals surface area contributed by atoms with E-state index in [0.717, 1.165) is 29.6 Å². The molecule has 1 aromatic rings. The van der Waals surface area contributed by atoms with Crippen LogP contribution in [0.25, 0.3) is 0 Å². The zero-order valence-electron chi connectivity index (χ0n) is 14.5. The Labute approximate surface area is 144 Å². The fraction of sp³-hybridized carbons (Fsp3) is 0.611. The number of benzene rings is 1. The second-order valence-electron chi connectivity index (χ2n) is 6.30. The molecule has 6 heteroatoms. The minimum Gasteiger partial charge on any atom is -0.454 e. The van der Waals surface area contributed by atoms with Gasteiger partial charge in [0.25, 0.3) is 0 Å². The number of guanidine groups is 1. The monoisotopic (exact) mass is 332 g/mol. The van der Waals surface area contributed by atoms with Gasteiger partial charge in [-0.25, -0.2) is 0 Å². The number of likely N-dealkylation sites (tertiary alicyclic amines) is 1. The predicted molar refractivity (Wildman–Crippen MR) is 95.7 cm³/mol. The van der Waals surface area contributed by atoms with Gasteiger partial charge >= 0.3 is 0 Å². The van der Waals surface area contributed by atoms with Gasteiger partial charge in [-0.2, -0.15) is 0 Å². The third-order valence-electron chi connectivity index (χ3n) is 4.51. The van der Waals surface area contributed by atoms with E-state index in [1.54, 1.807) is 7.05 Å². The van der Waals surface area contributed by atoms with Gasteiger partial charge in [0.1, 0.15) is 0 Å². The minimum absolute atomic E-state index is 0.312. The maximum absolute atomic E-state index is 5.41. The molecule has 2 aliphatic heterocycles. The molecule has 0 spiro atoms. The normalized spacial score (nSPS) is 17.3. The highest BCUT2D eigenvalue weighted by molar-refractivity contribution is 5.79. The minimum atomic E-state index is 0.312. The van der Waals surface area contributed by atoms with Gasteiger partial charge in [-0.05, 0) is 63.0 Å². The van der Waals surface area contributed by atoms with Crippen molar-refractivity contribution < 1.29 is 9.47 Å². The molecule has 6 nitrogen and oxygen atoms in total. The second kappa shape index (κ2) is 8.78. The molecule has 2 heterocycles. The molecule has 0 radical (unpaired) electrons. The summed E-state index contributed by atoms with van der Waals surface area (Å²) in [4.78, 5) is 6.84. The number of nitrogens with zero attached hydrogens (tertiary/aromatic N) is 2. The van der Waals surface area contributed by atoms with Crippen LogP contribution in [0.1, 0.15) is 31.2 Å². The molecule has 0 saturated carbocycles. The summed E-state index contributed by atoms with van der Waals surface area (Å²) < 4.78 is 10.7. The summed E-state index contributed by atoms with van der Waals surface area (Å²) in [6.45, 7) is 5.77. The summed E-state index contributed by atoms with van der Waals surface area (Å²) in [6, 6.07) is 6.01. The van der Waals surface area contributed by atoms with Crippen molar-refractivity contribution in [2.24, 2.45) is 4.99 Å². The van der Waals surface area contributed by atoms with Crippen LogP contribution in [0.15, 0.2) is 23.2 Å². The first-order valence-corrected chi connectivity index (χ1v) is 8.90. The van der Waals surface area contributed by atoms with Gasteiger partial charge < -0.3 is 25.0 Å². The van der Waals surface area contributed by atoms with E-state index in [4.69, 9.17) is 9.47 Å². The molecule has 0 bridgehead atoms. The van der Waals surface area contributed by atoms with Crippen molar-refractivity contribution in [1.29, 1.82) is 0 Å². The fourth-order valence-corrected chi connectivity index (χ4v) is 3.13. The average Bonchev–Trinajstić information content (AvgIpc) is 3.28. The summed E-state index contributed by atoms with van der Waals surface area (Å²) in [5.74, 6) is 2.48. The summed E-state index contributed by atoms with van der Waals surface area (Å²) in [5, 5.41) is 6.72. The van der Waals surface area contributed by atoms with Crippen molar-refractivity contribution in [2.45, 2.75) is 32.2 Å². The van der Waals surface area contributed by atoms with E-state index in [0.29, 0.717) is 13.3 Å². The predicted octanol–water partition coefficient (Wildman–Crippen LogP) is 1.96. The van der Waals surface area contributed by atoms with Gasteiger partial charge in [-0.1, -0.05) is 6.07 Å². The molecular formula is C18H28N4O2. The molecule has 0 aliphatic carbocycles. The average molecular weight is 332 g/mol. The van der Waals surface area contributed by atoms with Gasteiger partial charge in [-0.15, -0.1) is 0 Å². The SMILES string of the molecule is CN=C(NCCCCN1CCCC1)NCc1ccc2c(c1)OCO2. The third kappa shape index (κ3) is 4.77. The van der Waals surface area contributed by atoms with Crippen molar-refractivity contribution in [3.63, 3.8) is 0 Å². The lowest BCUT2D eigenvalue weighted by Crippen LogP contribution is -2.37. The third-order valence-corrected chi connectivity index (χ3v) is 4.51. The van der Waals surface area contributed by atoms with E-state index >= 15 is 0 Å². The lowest BCUT2D eigenvalue weighted by molar-refractivity contribution is 0.174. The molecule has 0 atom stereocenters. The summed E-state index contributed by atoms with van der Waals surface area (Å²) >= 11 is 0. The largest absolute Gasteiger partial charge is 0.454 e. The Balaban J connectivity index is 1.33. The smallest absolute Gasteiger partial charge is 0.231 e. The van der Waals surface area contributed by atoms with Crippen molar-refractivity contribution in [3.05, 3.63) is 23.8 Å². The quantitative estimate of drug-likeness (QED) is 0.454. The van der Waals surface area contributed by atoms with Crippen molar-refractivity contribution in [2.75, 3.05) is 40.0 Å². The van der Waals surface area contributed by atoms with E-state index in [1.165, 1.54) is 45.3 Å². The molecule has 24 heavy (non-hydrogen) atoms. The highest BCUT2D eigenvalue weighted by Gasteiger charge is 2.13. The number of unbranched alkanes of at least 4 members (excludes halogenated alkanes) is 1. The molecule has 1 fully saturated rings. The van der Waals surface area contributed by atoms with Gasteiger partial charge in [-0.3, -0.25) is 4.99 Å². The Morgan fingerprint density at radius 2 is 1.96 bits per heavy atom. The van der Waals surface area contributed by atoms with E-state index in [2.05, 4.69) is 20.5 Å². The topological polar surface area (TPSA) is 58.1 Å². The Morgan fingerprint density at radius 3 is 2.79 bits per heavy atom. The zero-order chi connectivity index (χ0) is 16.6. The summed E-state index contributed by atoms with van der Waals surface area (Å²) in [6.07, 6.45) is 5.15. The van der Waals surface area contributed by atoms with Gasteiger partial charge in [0.05, 0.1) is 0 Å². The number of ether oxygens (including phenoxy) is 2. The fourth-order valence-electron chi connectivity index (χ4n) is 3.13. The van der Waals surface area contributed by atoms with Crippen LogP contribution in [0.5, 0.6) is 11.5 Å². The molecular weight excluding hydrogens is 304 g/mol. The molecule has 1 saturated heterocycles. The van der Waals surface area contributed by atoms with Crippen LogP contribution < -0.4 is 20.1 Å². The van der Waals surface area contributed by atoms with Gasteiger partial charge in [0, 0.05) is 20.1 Å². The molecule has 132 valence electrons. The maximum atomic E-state index is 5.41. The molecule has 0 aromatic heterocycles. The van der Waals surface area contributed by atoms with E-state index in [1.807, 2.05) is 18.2 Å². The van der Waals surface area contributed by atoms with Crippen molar-refractivity contribution >= 4 is 5.96 Å². The number of rotatable bonds is 7. The Hall–Kier alpha value is -1.95. The van der Waals surface area contributed by atoms with Crippen LogP contribution in [-0.2, 0) is 6.54 Å². The molecule has 2 aliphatic rings. The van der Waals surface area contributed by atoms with Crippen LogP contribution in [0.4, 0.5) is 0 Å². The van der Waals surface area contributed by atoms with Crippen LogP contribution in [0.3, 0.4) is 0 Å². The lowest BCUT2D eigenvalue weighted by atomic mass is 10.2. The summed E-state index contributed by atoms with van der Waals surface area (Å²) in [5.41, 5.74) is 1.15. The Kier molecular flexibility index (Phi) is 6.18. The molecule has 0 unspecified atom stereocenters. The number of nitrogens with one attached hydrogen (secondary N) is 2. The number of hydrogen-bond donors (Lipinski definition) is 2. The Morgan fingerprint density at radius 1 is 1.12 bits per heavy atom. The lowest BCUT2D eigenvalue weighted by Gasteiger charge is -2.15. The molecule has 1 aromatic carbocycles. The van der Waals surface area contributed by atoms with Crippen LogP contribution in [-0.4, -0.2) is 50.9 Å². The van der Waals surface area contributed by atoms with Crippen LogP contribution >= 0.6 is 0 Å². The molecule has 2 N–H and O–H groups in total. The van der Waals surface area contributed by atoms with Crippen molar-refractivity contribution in [3.8, 4) is 11.5 Å². The standard InChI is InChI=1S/C18H28N4O2/c1-19-18(20-8-2-3-9-22-10-4-5-11-22)21-13-15-6-7-16-17(12-15)24-14-23-16/h6-7,12H,2-5,8-11,13-14H2,1H3,(H2,19,20,21). The zero-order valence-corrected chi connectivity index (χ0v) is 14.5. The van der Waals surface area contributed by atoms with E-state index in [9.17, 15) is 0 Å². The number of fused-ring (bicyclic) bond motifs is 1. The van der Waals surface area contributed by atoms with E-state index < -0.39 is 0 Å². The maximum Gasteiger partial charge on any atom is 0.231 e. The van der Waals surface area contributed by atoms with Crippen LogP contribution in [0, 0.1) is 0 Å². The Bertz CT molecular complexity index is 556. The number of aliphatic imine (C=N–C) groups is 1. The molecule has 3 rings (SSSR count). The summed E-state index contributed by atoms with van der Waals surface area (Å²) in [7, 11) is 1.80. The van der Waals surface area contributed by atoms with Gasteiger partial charge in [0.15, 0.2) is 17.5 Å². The first kappa shape index (κ1) is 16.9. The van der Waals surface area contributed by atoms with E-state index in [-0.39, 0.29) is 0 Å². The first-order valence-electron chi connectivity index (χ1n) is 8.90. The molecule has 0 amide bonds. The van der Waals surface area contributed by atoms with Crippen LogP contribution in [0.2, 0.25) is 0 Å². The second-order valence-corrected chi connectivity index (χ2v) is 6.30. The first-order chi connectivity index (χ1) is 11.8. The van der Waals surface area contributed by atoms with Gasteiger partial charge in [0.2, 0.25) is 6.79 Å². The highest BCUT2D eigenvalue weighted by Crippen LogP contribution is 2.32.